The lowest BCUT2D eigenvalue weighted by Crippen LogP contribution is -2.63. The largest absolute Gasteiger partial charge is 0.481 e. The number of hydrogen-bond donors (Lipinski definition) is 2. The molecule has 1 amide bonds. The minimum atomic E-state index is -0.594. The quantitative estimate of drug-likeness (QED) is 0.723. The second-order valence-corrected chi connectivity index (χ2v) is 10.3. The van der Waals surface area contributed by atoms with E-state index in [0.29, 0.717) is 36.9 Å². The van der Waals surface area contributed by atoms with Crippen molar-refractivity contribution in [2.45, 2.75) is 83.5 Å². The van der Waals surface area contributed by atoms with Gasteiger partial charge in [0.2, 0.25) is 5.91 Å². The zero-order valence-electron chi connectivity index (χ0n) is 18.2. The van der Waals surface area contributed by atoms with Crippen LogP contribution in [0.15, 0.2) is 11.0 Å². The van der Waals surface area contributed by atoms with Gasteiger partial charge in [0.15, 0.2) is 0 Å². The Morgan fingerprint density at radius 3 is 2.93 bits per heavy atom. The van der Waals surface area contributed by atoms with Crippen molar-refractivity contribution in [2.24, 2.45) is 17.3 Å². The van der Waals surface area contributed by atoms with E-state index in [4.69, 9.17) is 15.0 Å². The highest BCUT2D eigenvalue weighted by molar-refractivity contribution is 6.47. The van der Waals surface area contributed by atoms with Gasteiger partial charge >= 0.3 is 7.12 Å². The number of aromatic nitrogens is 2. The number of nitrogens with zero attached hydrogens (tertiary/aromatic N) is 2. The molecule has 8 nitrogen and oxygen atoms in total. The maximum absolute atomic E-state index is 13.1. The molecule has 1 saturated heterocycles. The number of aryl methyl sites for hydroxylation is 1. The van der Waals surface area contributed by atoms with Gasteiger partial charge in [-0.05, 0) is 49.9 Å². The van der Waals surface area contributed by atoms with Gasteiger partial charge in [-0.3, -0.25) is 14.2 Å². The van der Waals surface area contributed by atoms with Crippen molar-refractivity contribution in [3.63, 3.8) is 0 Å². The standard InChI is InChI=1S/C21H31BN4O4/c1-5-15(22-29-17-12-8-11(20(12,2)3)9-21(17,4)30-22)25-18(27)14-6-7-16-24-10-13(23)19(28)26(14)16/h10-12,14-15,17H,5-9,23H2,1-4H3,(H,25,27)/t11?,12?,14-,15-,17+,21-/m0/s1. The van der Waals surface area contributed by atoms with E-state index in [1.54, 1.807) is 0 Å². The van der Waals surface area contributed by atoms with E-state index in [-0.39, 0.29) is 40.2 Å². The van der Waals surface area contributed by atoms with Crippen LogP contribution in [-0.2, 0) is 20.5 Å². The molecule has 3 saturated carbocycles. The molecule has 0 spiro atoms. The van der Waals surface area contributed by atoms with Crippen LogP contribution in [0.2, 0.25) is 0 Å². The highest BCUT2D eigenvalue weighted by atomic mass is 16.7. The fraction of sp³-hybridized carbons (Fsp3) is 0.762. The van der Waals surface area contributed by atoms with E-state index in [2.05, 4.69) is 31.1 Å². The number of fused-ring (bicyclic) bond motifs is 1. The number of nitrogen functional groups attached to an aromatic ring is 1. The third-order valence-corrected chi connectivity index (χ3v) is 8.28. The zero-order chi connectivity index (χ0) is 21.4. The monoisotopic (exact) mass is 414 g/mol. The van der Waals surface area contributed by atoms with Crippen LogP contribution < -0.4 is 16.6 Å². The van der Waals surface area contributed by atoms with Crippen LogP contribution in [0.1, 0.15) is 65.2 Å². The summed E-state index contributed by atoms with van der Waals surface area (Å²) in [6.07, 6.45) is 5.44. The number of carbonyl (C=O) groups is 1. The summed E-state index contributed by atoms with van der Waals surface area (Å²) >= 11 is 0. The number of anilines is 1. The van der Waals surface area contributed by atoms with Crippen molar-refractivity contribution < 1.29 is 14.1 Å². The molecule has 4 fully saturated rings. The lowest BCUT2D eigenvalue weighted by molar-refractivity contribution is -0.185. The van der Waals surface area contributed by atoms with Crippen molar-refractivity contribution in [3.05, 3.63) is 22.4 Å². The Hall–Kier alpha value is -1.87. The molecule has 3 N–H and O–H groups in total. The predicted molar refractivity (Wildman–Crippen MR) is 113 cm³/mol. The average Bonchev–Trinajstić information content (AvgIpc) is 3.29. The zero-order valence-corrected chi connectivity index (χ0v) is 18.2. The maximum Gasteiger partial charge on any atom is 0.481 e. The predicted octanol–water partition coefficient (Wildman–Crippen LogP) is 1.48. The molecular formula is C21H31BN4O4. The van der Waals surface area contributed by atoms with Crippen molar-refractivity contribution in [1.29, 1.82) is 0 Å². The van der Waals surface area contributed by atoms with Crippen LogP contribution >= 0.6 is 0 Å². The molecule has 6 atom stereocenters. The Labute approximate surface area is 177 Å². The molecule has 2 aliphatic heterocycles. The fourth-order valence-corrected chi connectivity index (χ4v) is 6.22. The molecule has 3 aliphatic carbocycles. The van der Waals surface area contributed by atoms with Crippen molar-refractivity contribution in [1.82, 2.24) is 14.9 Å². The van der Waals surface area contributed by atoms with Gasteiger partial charge < -0.3 is 20.4 Å². The minimum absolute atomic E-state index is 0.0616. The summed E-state index contributed by atoms with van der Waals surface area (Å²) in [7, 11) is -0.472. The lowest BCUT2D eigenvalue weighted by atomic mass is 9.45. The van der Waals surface area contributed by atoms with Crippen LogP contribution in [0.4, 0.5) is 5.69 Å². The summed E-state index contributed by atoms with van der Waals surface area (Å²) in [5, 5.41) is 3.10. The summed E-state index contributed by atoms with van der Waals surface area (Å²) < 4.78 is 14.3. The highest BCUT2D eigenvalue weighted by Crippen LogP contribution is 2.64. The van der Waals surface area contributed by atoms with Gasteiger partial charge in [0.1, 0.15) is 17.6 Å². The van der Waals surface area contributed by atoms with Crippen LogP contribution in [0.25, 0.3) is 0 Å². The minimum Gasteiger partial charge on any atom is -0.404 e. The number of nitrogens with one attached hydrogen (secondary N) is 1. The summed E-state index contributed by atoms with van der Waals surface area (Å²) in [5.41, 5.74) is 5.45. The number of nitrogens with two attached hydrogens (primary N) is 1. The molecular weight excluding hydrogens is 383 g/mol. The lowest BCUT2D eigenvalue weighted by Gasteiger charge is -2.63. The Bertz CT molecular complexity index is 949. The van der Waals surface area contributed by atoms with Gasteiger partial charge in [0.05, 0.1) is 23.8 Å². The van der Waals surface area contributed by atoms with Gasteiger partial charge in [0.25, 0.3) is 5.56 Å². The Kier molecular flexibility index (Phi) is 4.39. The number of rotatable bonds is 4. The second kappa shape index (κ2) is 6.56. The van der Waals surface area contributed by atoms with Crippen molar-refractivity contribution >= 4 is 18.7 Å². The first kappa shape index (κ1) is 20.1. The second-order valence-electron chi connectivity index (χ2n) is 10.3. The molecule has 2 bridgehead atoms. The van der Waals surface area contributed by atoms with Gasteiger partial charge in [0, 0.05) is 6.42 Å². The number of carbonyl (C=O) groups excluding carboxylic acids is 1. The number of amides is 1. The molecule has 6 rings (SSSR count). The molecule has 9 heteroatoms. The van der Waals surface area contributed by atoms with Crippen LogP contribution in [0, 0.1) is 17.3 Å². The molecule has 5 aliphatic rings. The smallest absolute Gasteiger partial charge is 0.404 e. The molecule has 2 unspecified atom stereocenters. The van der Waals surface area contributed by atoms with Crippen LogP contribution in [0.5, 0.6) is 0 Å². The summed E-state index contributed by atoms with van der Waals surface area (Å²) in [5.74, 6) is 1.30. The van der Waals surface area contributed by atoms with E-state index < -0.39 is 13.2 Å². The topological polar surface area (TPSA) is 108 Å². The first-order valence-corrected chi connectivity index (χ1v) is 11.1. The van der Waals surface area contributed by atoms with E-state index in [0.717, 1.165) is 6.42 Å². The van der Waals surface area contributed by atoms with Crippen molar-refractivity contribution in [2.75, 3.05) is 5.73 Å². The van der Waals surface area contributed by atoms with E-state index in [1.807, 2.05) is 6.92 Å². The molecule has 1 aromatic heterocycles. The maximum atomic E-state index is 13.1. The SMILES string of the molecule is CC[C@H](NC(=O)[C@@H]1CCc2ncc(N)c(=O)n21)B1O[C@@H]2C3CC(C[C@]2(C)O1)C3(C)C. The molecule has 30 heavy (non-hydrogen) atoms. The van der Waals surface area contributed by atoms with Gasteiger partial charge in [-0.15, -0.1) is 0 Å². The van der Waals surface area contributed by atoms with Gasteiger partial charge in [-0.25, -0.2) is 4.98 Å². The van der Waals surface area contributed by atoms with E-state index >= 15 is 0 Å². The molecule has 3 heterocycles. The summed E-state index contributed by atoms with van der Waals surface area (Å²) in [4.78, 5) is 29.8. The van der Waals surface area contributed by atoms with Crippen molar-refractivity contribution in [3.8, 4) is 0 Å². The fourth-order valence-electron chi connectivity index (χ4n) is 6.22. The Balaban J connectivity index is 1.32. The van der Waals surface area contributed by atoms with Crippen LogP contribution in [-0.4, -0.2) is 40.2 Å². The summed E-state index contributed by atoms with van der Waals surface area (Å²) in [6.45, 7) is 8.83. The van der Waals surface area contributed by atoms with E-state index in [1.165, 1.54) is 17.2 Å². The van der Waals surface area contributed by atoms with E-state index in [9.17, 15) is 9.59 Å². The molecule has 162 valence electrons. The van der Waals surface area contributed by atoms with Crippen LogP contribution in [0.3, 0.4) is 0 Å². The third kappa shape index (κ3) is 2.70. The normalized spacial score (nSPS) is 36.6. The Morgan fingerprint density at radius 1 is 1.47 bits per heavy atom. The van der Waals surface area contributed by atoms with Gasteiger partial charge in [-0.1, -0.05) is 20.8 Å². The molecule has 0 radical (unpaired) electrons. The highest BCUT2D eigenvalue weighted by Gasteiger charge is 2.67. The first-order valence-electron chi connectivity index (χ1n) is 11.1. The Morgan fingerprint density at radius 2 is 2.23 bits per heavy atom. The molecule has 1 aromatic rings. The average molecular weight is 414 g/mol. The third-order valence-electron chi connectivity index (χ3n) is 8.28. The molecule has 0 aromatic carbocycles. The van der Waals surface area contributed by atoms with Gasteiger partial charge in [-0.2, -0.15) is 0 Å². The summed E-state index contributed by atoms with van der Waals surface area (Å²) in [6, 6.07) is -0.594. The first-order chi connectivity index (χ1) is 14.2. The number of hydrogen-bond acceptors (Lipinski definition) is 6.